The summed E-state index contributed by atoms with van der Waals surface area (Å²) in [6.45, 7) is 21.1. The maximum atomic E-state index is 15.5. The van der Waals surface area contributed by atoms with Crippen molar-refractivity contribution in [3.63, 3.8) is 0 Å². The van der Waals surface area contributed by atoms with E-state index in [1.54, 1.807) is 41.5 Å². The maximum Gasteiger partial charge on any atom is 0.408 e. The number of carbonyl (C=O) groups excluding carboxylic acids is 7. The molecule has 5 aliphatic rings. The lowest BCUT2D eigenvalue weighted by molar-refractivity contribution is -0.155. The molecule has 17 heteroatoms. The van der Waals surface area contributed by atoms with Crippen molar-refractivity contribution in [1.29, 1.82) is 0 Å². The Labute approximate surface area is 491 Å². The molecule has 0 aromatic heterocycles. The Morgan fingerprint density at radius 3 is 1.93 bits per heavy atom. The van der Waals surface area contributed by atoms with Gasteiger partial charge in [0.2, 0.25) is 17.7 Å². The first-order valence-electron chi connectivity index (χ1n) is 30.3. The minimum absolute atomic E-state index is 0.00109. The van der Waals surface area contributed by atoms with Gasteiger partial charge in [0.1, 0.15) is 36.4 Å². The van der Waals surface area contributed by atoms with E-state index in [1.165, 1.54) is 7.11 Å². The highest BCUT2D eigenvalue weighted by Gasteiger charge is 2.66. The second kappa shape index (κ2) is 25.7. The van der Waals surface area contributed by atoms with Gasteiger partial charge in [0.15, 0.2) is 0 Å². The molecule has 8 rings (SSSR count). The molecule has 5 aliphatic carbocycles. The van der Waals surface area contributed by atoms with Gasteiger partial charge in [-0.2, -0.15) is 0 Å². The van der Waals surface area contributed by atoms with Gasteiger partial charge in [0.05, 0.1) is 7.11 Å². The van der Waals surface area contributed by atoms with Gasteiger partial charge < -0.3 is 50.8 Å². The third-order valence-corrected chi connectivity index (χ3v) is 19.3. The molecular weight excluding hydrogens is 1050 g/mol. The van der Waals surface area contributed by atoms with Crippen LogP contribution in [0.5, 0.6) is 0 Å². The van der Waals surface area contributed by atoms with E-state index in [0.717, 1.165) is 47.1 Å². The van der Waals surface area contributed by atoms with Crippen LogP contribution in [0.1, 0.15) is 157 Å². The fraction of sp³-hybridized carbons (Fsp3) is 0.621. The van der Waals surface area contributed by atoms with Crippen LogP contribution in [0.25, 0.3) is 11.1 Å². The van der Waals surface area contributed by atoms with Gasteiger partial charge in [-0.15, -0.1) is 0 Å². The molecule has 6 amide bonds. The average molecular weight is 1150 g/mol. The minimum atomic E-state index is -1.01. The number of methoxy groups -OCH3 is 1. The number of nitrogens with one attached hydrogen (secondary N) is 6. The quantitative estimate of drug-likeness (QED) is 0.0519. The third-order valence-electron chi connectivity index (χ3n) is 19.3. The van der Waals surface area contributed by atoms with Crippen LogP contribution in [0.15, 0.2) is 78.9 Å². The first-order chi connectivity index (χ1) is 39.2. The van der Waals surface area contributed by atoms with Crippen LogP contribution < -0.4 is 31.9 Å². The lowest BCUT2D eigenvalue weighted by atomic mass is 9.42. The summed E-state index contributed by atoms with van der Waals surface area (Å²) in [5, 5.41) is 18.9. The van der Waals surface area contributed by atoms with E-state index in [0.29, 0.717) is 32.1 Å². The Morgan fingerprint density at radius 2 is 1.30 bits per heavy atom. The van der Waals surface area contributed by atoms with Crippen molar-refractivity contribution in [1.82, 2.24) is 31.9 Å². The SMILES string of the molecule is COC(=O)CC[C@@H](C)[C@H]1CC[C@H]2[C@@H]3[C@H](NC(=O)[C@@H](NC(=O)OC(C)(C)C)C(C)C)C[C@@H]4C[C@H](NC(=O)CNC(=O)OC(C)(C)C)CC[C@]4(C)[C@H]3C[C@H](NC(=O)[C@H](Cc3ccccc3)NC(=O)OCC3c4ccccc4-c4ccccc43)[C@]12C. The molecule has 0 bridgehead atoms. The Bertz CT molecular complexity index is 2780. The summed E-state index contributed by atoms with van der Waals surface area (Å²) in [6.07, 6.45) is 3.82. The molecule has 0 aliphatic heterocycles. The molecule has 4 saturated carbocycles. The summed E-state index contributed by atoms with van der Waals surface area (Å²) in [6, 6.07) is 23.0. The van der Waals surface area contributed by atoms with Crippen molar-refractivity contribution in [3.8, 4) is 11.1 Å². The van der Waals surface area contributed by atoms with Gasteiger partial charge in [-0.3, -0.25) is 19.2 Å². The fourth-order valence-corrected chi connectivity index (χ4v) is 15.5. The Balaban J connectivity index is 1.11. The summed E-state index contributed by atoms with van der Waals surface area (Å²) >= 11 is 0. The van der Waals surface area contributed by atoms with Crippen LogP contribution in [0.2, 0.25) is 0 Å². The molecule has 452 valence electrons. The number of ether oxygens (including phenoxy) is 4. The van der Waals surface area contributed by atoms with E-state index in [2.05, 4.69) is 76.9 Å². The van der Waals surface area contributed by atoms with E-state index < -0.39 is 53.0 Å². The normalized spacial score (nSPS) is 27.3. The zero-order valence-electron chi connectivity index (χ0n) is 51.0. The minimum Gasteiger partial charge on any atom is -0.469 e. The number of fused-ring (bicyclic) bond motifs is 8. The summed E-state index contributed by atoms with van der Waals surface area (Å²) in [5.74, 6) is -1.75. The van der Waals surface area contributed by atoms with Crippen molar-refractivity contribution in [2.24, 2.45) is 52.3 Å². The van der Waals surface area contributed by atoms with Crippen molar-refractivity contribution in [3.05, 3.63) is 95.6 Å². The molecule has 0 unspecified atom stereocenters. The van der Waals surface area contributed by atoms with Crippen LogP contribution in [-0.2, 0) is 44.5 Å². The van der Waals surface area contributed by atoms with Crippen LogP contribution in [0.3, 0.4) is 0 Å². The second-order valence-electron chi connectivity index (χ2n) is 27.3. The number of amides is 6. The summed E-state index contributed by atoms with van der Waals surface area (Å²) in [5.41, 5.74) is 2.85. The lowest BCUT2D eigenvalue weighted by Gasteiger charge is -2.65. The molecule has 13 atom stereocenters. The number of hydrogen-bond donors (Lipinski definition) is 6. The van der Waals surface area contributed by atoms with Crippen LogP contribution in [0, 0.1) is 52.3 Å². The topological polar surface area (TPSA) is 229 Å². The van der Waals surface area contributed by atoms with Crippen molar-refractivity contribution in [2.75, 3.05) is 20.3 Å². The first-order valence-corrected chi connectivity index (χ1v) is 30.3. The Kier molecular flexibility index (Phi) is 19.3. The molecule has 83 heavy (non-hydrogen) atoms. The molecule has 6 N–H and O–H groups in total. The van der Waals surface area contributed by atoms with Gasteiger partial charge in [-0.25, -0.2) is 14.4 Å². The molecule has 0 saturated heterocycles. The number of alkyl carbamates (subject to hydrolysis) is 3. The van der Waals surface area contributed by atoms with Gasteiger partial charge in [0, 0.05) is 36.9 Å². The molecule has 4 fully saturated rings. The van der Waals surface area contributed by atoms with Crippen LogP contribution in [0.4, 0.5) is 14.4 Å². The van der Waals surface area contributed by atoms with Gasteiger partial charge in [0.25, 0.3) is 0 Å². The molecule has 0 spiro atoms. The standard InChI is InChI=1S/C66H92N6O11/c1-38(2)57(72-62(79)83-64(7,8)9)59(76)69-51-34-41-33-42(68-54(73)36-67-60(77)82-63(4,5)6)30-31-65(41,10)50-35-53(66(11)48(27-28-49(66)56(50)51)39(3)26-29-55(74)80-12)71-58(75)52(32-40-20-14-13-15-21-40)70-61(78)81-37-47-45-24-18-16-22-43(45)44-23-17-19-25-46(44)47/h13-25,38-39,41-42,47-53,56-57H,26-37H2,1-12H3,(H,67,77)(H,68,73)(H,69,76)(H,70,78)(H,71,75)(H,72,79)/t39-,41+,42-,48-,49+,50+,51-,52+,53+,56+,57+,65+,66-/m1/s1. The maximum absolute atomic E-state index is 15.5. The van der Waals surface area contributed by atoms with Gasteiger partial charge in [-0.1, -0.05) is 113 Å². The first kappa shape index (κ1) is 62.4. The predicted molar refractivity (Wildman–Crippen MR) is 317 cm³/mol. The number of carbonyl (C=O) groups is 7. The summed E-state index contributed by atoms with van der Waals surface area (Å²) < 4.78 is 22.3. The molecular formula is C66H92N6O11. The predicted octanol–water partition coefficient (Wildman–Crippen LogP) is 10.1. The monoisotopic (exact) mass is 1140 g/mol. The zero-order chi connectivity index (χ0) is 60.2. The van der Waals surface area contributed by atoms with E-state index in [-0.39, 0.29) is 115 Å². The molecule has 17 nitrogen and oxygen atoms in total. The van der Waals surface area contributed by atoms with Crippen molar-refractivity contribution >= 4 is 42.0 Å². The summed E-state index contributed by atoms with van der Waals surface area (Å²) in [4.78, 5) is 96.8. The highest BCUT2D eigenvalue weighted by atomic mass is 16.6. The fourth-order valence-electron chi connectivity index (χ4n) is 15.5. The van der Waals surface area contributed by atoms with Gasteiger partial charge >= 0.3 is 24.2 Å². The zero-order valence-corrected chi connectivity index (χ0v) is 51.0. The third kappa shape index (κ3) is 14.5. The molecule has 3 aromatic carbocycles. The van der Waals surface area contributed by atoms with Gasteiger partial charge in [-0.05, 0) is 173 Å². The van der Waals surface area contributed by atoms with Crippen molar-refractivity contribution in [2.45, 2.75) is 188 Å². The smallest absolute Gasteiger partial charge is 0.408 e. The number of hydrogen-bond acceptors (Lipinski definition) is 11. The Hall–Kier alpha value is -6.65. The highest BCUT2D eigenvalue weighted by molar-refractivity contribution is 5.87. The highest BCUT2D eigenvalue weighted by Crippen LogP contribution is 2.68. The lowest BCUT2D eigenvalue weighted by Crippen LogP contribution is -2.69. The molecule has 0 radical (unpaired) electrons. The van der Waals surface area contributed by atoms with Crippen LogP contribution in [-0.4, -0.2) is 104 Å². The molecule has 3 aromatic rings. The molecule has 0 heterocycles. The largest absolute Gasteiger partial charge is 0.469 e. The van der Waals surface area contributed by atoms with Crippen LogP contribution >= 0.6 is 0 Å². The van der Waals surface area contributed by atoms with Crippen molar-refractivity contribution < 1.29 is 52.5 Å². The number of rotatable bonds is 18. The summed E-state index contributed by atoms with van der Waals surface area (Å²) in [7, 11) is 1.40. The number of esters is 1. The average Bonchev–Trinajstić information content (AvgIpc) is 1.77. The Morgan fingerprint density at radius 1 is 0.675 bits per heavy atom. The van der Waals surface area contributed by atoms with E-state index in [4.69, 9.17) is 18.9 Å². The van der Waals surface area contributed by atoms with E-state index >= 15 is 4.79 Å². The second-order valence-corrected chi connectivity index (χ2v) is 27.3. The van der Waals surface area contributed by atoms with E-state index in [1.807, 2.05) is 68.4 Å². The van der Waals surface area contributed by atoms with E-state index in [9.17, 15) is 28.8 Å². The number of benzene rings is 3.